The van der Waals surface area contributed by atoms with E-state index in [2.05, 4.69) is 31.2 Å². The Bertz CT molecular complexity index is 442. The van der Waals surface area contributed by atoms with Gasteiger partial charge >= 0.3 is 0 Å². The number of hydrogen-bond donors (Lipinski definition) is 1. The van der Waals surface area contributed by atoms with Gasteiger partial charge in [-0.3, -0.25) is 9.58 Å². The summed E-state index contributed by atoms with van der Waals surface area (Å²) in [5.74, 6) is 0. The lowest BCUT2D eigenvalue weighted by Gasteiger charge is -2.21. The summed E-state index contributed by atoms with van der Waals surface area (Å²) >= 11 is 3.63. The van der Waals surface area contributed by atoms with E-state index < -0.39 is 0 Å². The highest BCUT2D eigenvalue weighted by atomic mass is 79.9. The van der Waals surface area contributed by atoms with E-state index in [0.29, 0.717) is 6.04 Å². The molecular formula is C13H21BrN4. The van der Waals surface area contributed by atoms with Crippen LogP contribution in [-0.2, 0) is 13.6 Å². The molecule has 3 heterocycles. The minimum absolute atomic E-state index is 0.662. The molecule has 5 heteroatoms. The van der Waals surface area contributed by atoms with E-state index in [9.17, 15) is 0 Å². The number of fused-ring (bicyclic) bond motifs is 1. The number of halogens is 1. The topological polar surface area (TPSA) is 33.1 Å². The molecule has 2 saturated heterocycles. The first-order chi connectivity index (χ1) is 8.66. The maximum absolute atomic E-state index is 4.44. The van der Waals surface area contributed by atoms with Crippen molar-refractivity contribution in [3.05, 3.63) is 15.9 Å². The van der Waals surface area contributed by atoms with Crippen LogP contribution in [-0.4, -0.2) is 39.9 Å². The molecule has 2 aliphatic rings. The molecule has 0 saturated carbocycles. The van der Waals surface area contributed by atoms with Gasteiger partial charge in [0.05, 0.1) is 15.9 Å². The average Bonchev–Trinajstić information content (AvgIpc) is 2.97. The lowest BCUT2D eigenvalue weighted by molar-refractivity contribution is 0.297. The lowest BCUT2D eigenvalue weighted by atomic mass is 10.1. The third-order valence-electron chi connectivity index (χ3n) is 4.40. The van der Waals surface area contributed by atoms with Crippen molar-refractivity contribution in [2.75, 3.05) is 13.1 Å². The minimum atomic E-state index is 0.662. The van der Waals surface area contributed by atoms with Crippen molar-refractivity contribution in [3.8, 4) is 0 Å². The number of hydrogen-bond acceptors (Lipinski definition) is 3. The molecule has 2 atom stereocenters. The van der Waals surface area contributed by atoms with Crippen molar-refractivity contribution in [2.24, 2.45) is 7.05 Å². The Labute approximate surface area is 117 Å². The zero-order valence-corrected chi connectivity index (χ0v) is 12.7. The zero-order chi connectivity index (χ0) is 12.7. The quantitative estimate of drug-likeness (QED) is 0.924. The molecule has 1 aromatic rings. The molecule has 2 unspecified atom stereocenters. The van der Waals surface area contributed by atoms with E-state index >= 15 is 0 Å². The summed E-state index contributed by atoms with van der Waals surface area (Å²) in [6, 6.07) is 1.44. The van der Waals surface area contributed by atoms with Crippen LogP contribution in [0.25, 0.3) is 0 Å². The van der Waals surface area contributed by atoms with Gasteiger partial charge in [-0.1, -0.05) is 0 Å². The Balaban J connectivity index is 1.64. The van der Waals surface area contributed by atoms with Crippen molar-refractivity contribution >= 4 is 15.9 Å². The normalized spacial score (nSPS) is 27.9. The highest BCUT2D eigenvalue weighted by Gasteiger charge is 2.36. The molecule has 0 bridgehead atoms. The minimum Gasteiger partial charge on any atom is -0.307 e. The predicted molar refractivity (Wildman–Crippen MR) is 75.5 cm³/mol. The van der Waals surface area contributed by atoms with Crippen LogP contribution >= 0.6 is 15.9 Å². The van der Waals surface area contributed by atoms with E-state index in [-0.39, 0.29) is 0 Å². The molecule has 0 spiro atoms. The molecule has 4 nitrogen and oxygen atoms in total. The summed E-state index contributed by atoms with van der Waals surface area (Å²) in [7, 11) is 2.02. The zero-order valence-electron chi connectivity index (χ0n) is 11.1. The monoisotopic (exact) mass is 312 g/mol. The van der Waals surface area contributed by atoms with Crippen LogP contribution in [0.5, 0.6) is 0 Å². The predicted octanol–water partition coefficient (Wildman–Crippen LogP) is 1.82. The summed E-state index contributed by atoms with van der Waals surface area (Å²) in [6.07, 6.45) is 4.03. The van der Waals surface area contributed by atoms with Crippen LogP contribution < -0.4 is 5.32 Å². The van der Waals surface area contributed by atoms with Gasteiger partial charge in [0.25, 0.3) is 0 Å². The first kappa shape index (κ1) is 12.6. The molecule has 1 aromatic heterocycles. The van der Waals surface area contributed by atoms with E-state index in [4.69, 9.17) is 0 Å². The maximum Gasteiger partial charge on any atom is 0.0739 e. The second kappa shape index (κ2) is 4.94. The number of nitrogens with zero attached hydrogens (tertiary/aromatic N) is 3. The van der Waals surface area contributed by atoms with E-state index in [0.717, 1.165) is 22.8 Å². The first-order valence-electron chi connectivity index (χ1n) is 6.82. The summed E-state index contributed by atoms with van der Waals surface area (Å²) in [5.41, 5.74) is 2.33. The molecule has 0 aromatic carbocycles. The van der Waals surface area contributed by atoms with Gasteiger partial charge in [0, 0.05) is 32.2 Å². The molecule has 100 valence electrons. The van der Waals surface area contributed by atoms with Crippen molar-refractivity contribution in [1.29, 1.82) is 0 Å². The first-order valence-corrected chi connectivity index (χ1v) is 7.61. The SMILES string of the molecule is Cc1nn(C)c(CNC2CCN3CCCC23)c1Br. The van der Waals surface area contributed by atoms with E-state index in [1.807, 2.05) is 18.7 Å². The molecule has 2 fully saturated rings. The maximum atomic E-state index is 4.44. The van der Waals surface area contributed by atoms with Crippen LogP contribution in [0.3, 0.4) is 0 Å². The Morgan fingerprint density at radius 2 is 2.22 bits per heavy atom. The summed E-state index contributed by atoms with van der Waals surface area (Å²) in [4.78, 5) is 2.64. The molecule has 3 rings (SSSR count). The number of aryl methyl sites for hydroxylation is 2. The molecule has 0 radical (unpaired) electrons. The largest absolute Gasteiger partial charge is 0.307 e. The fourth-order valence-electron chi connectivity index (χ4n) is 3.42. The van der Waals surface area contributed by atoms with Crippen LogP contribution in [0.2, 0.25) is 0 Å². The molecular weight excluding hydrogens is 292 g/mol. The van der Waals surface area contributed by atoms with Gasteiger partial charge in [-0.05, 0) is 48.7 Å². The van der Waals surface area contributed by atoms with Gasteiger partial charge in [0.15, 0.2) is 0 Å². The van der Waals surface area contributed by atoms with Crippen LogP contribution in [0, 0.1) is 6.92 Å². The van der Waals surface area contributed by atoms with E-state index in [1.54, 1.807) is 0 Å². The summed E-state index contributed by atoms with van der Waals surface area (Å²) < 4.78 is 3.13. The Morgan fingerprint density at radius 1 is 1.39 bits per heavy atom. The average molecular weight is 313 g/mol. The molecule has 2 aliphatic heterocycles. The Kier molecular flexibility index (Phi) is 3.47. The number of nitrogens with one attached hydrogen (secondary N) is 1. The fraction of sp³-hybridized carbons (Fsp3) is 0.769. The fourth-order valence-corrected chi connectivity index (χ4v) is 3.90. The lowest BCUT2D eigenvalue weighted by Crippen LogP contribution is -2.39. The van der Waals surface area contributed by atoms with Gasteiger partial charge < -0.3 is 5.32 Å². The van der Waals surface area contributed by atoms with Gasteiger partial charge in [-0.2, -0.15) is 5.10 Å². The molecule has 0 aliphatic carbocycles. The van der Waals surface area contributed by atoms with Crippen molar-refractivity contribution in [3.63, 3.8) is 0 Å². The number of rotatable bonds is 3. The van der Waals surface area contributed by atoms with Crippen molar-refractivity contribution in [2.45, 2.75) is 44.8 Å². The third kappa shape index (κ3) is 2.12. The van der Waals surface area contributed by atoms with Crippen LogP contribution in [0.1, 0.15) is 30.7 Å². The van der Waals surface area contributed by atoms with Gasteiger partial charge in [-0.25, -0.2) is 0 Å². The second-order valence-corrected chi connectivity index (χ2v) is 6.28. The van der Waals surface area contributed by atoms with Crippen molar-refractivity contribution in [1.82, 2.24) is 20.0 Å². The molecule has 0 amide bonds. The summed E-state index contributed by atoms with van der Waals surface area (Å²) in [5, 5.41) is 8.17. The van der Waals surface area contributed by atoms with Gasteiger partial charge in [0.2, 0.25) is 0 Å². The smallest absolute Gasteiger partial charge is 0.0739 e. The summed E-state index contributed by atoms with van der Waals surface area (Å²) in [6.45, 7) is 5.53. The highest BCUT2D eigenvalue weighted by molar-refractivity contribution is 9.10. The van der Waals surface area contributed by atoms with Gasteiger partial charge in [0.1, 0.15) is 0 Å². The van der Waals surface area contributed by atoms with Crippen LogP contribution in [0.15, 0.2) is 4.47 Å². The van der Waals surface area contributed by atoms with Crippen molar-refractivity contribution < 1.29 is 0 Å². The standard InChI is InChI=1S/C13H21BrN4/c1-9-13(14)12(17(2)16-9)8-15-10-5-7-18-6-3-4-11(10)18/h10-11,15H,3-8H2,1-2H3. The Hall–Kier alpha value is -0.390. The Morgan fingerprint density at radius 3 is 2.94 bits per heavy atom. The molecule has 18 heavy (non-hydrogen) atoms. The van der Waals surface area contributed by atoms with Crippen LogP contribution in [0.4, 0.5) is 0 Å². The number of aromatic nitrogens is 2. The second-order valence-electron chi connectivity index (χ2n) is 5.49. The van der Waals surface area contributed by atoms with E-state index in [1.165, 1.54) is 38.0 Å². The third-order valence-corrected chi connectivity index (χ3v) is 5.43. The highest BCUT2D eigenvalue weighted by Crippen LogP contribution is 2.28. The molecule has 1 N–H and O–H groups in total. The van der Waals surface area contributed by atoms with Gasteiger partial charge in [-0.15, -0.1) is 0 Å².